The van der Waals surface area contributed by atoms with Crippen LogP contribution in [0.3, 0.4) is 0 Å². The van der Waals surface area contributed by atoms with E-state index < -0.39 is 12.0 Å². The zero-order valence-electron chi connectivity index (χ0n) is 21.1. The van der Waals surface area contributed by atoms with E-state index in [1.807, 2.05) is 0 Å². The molecule has 3 aromatic heterocycles. The van der Waals surface area contributed by atoms with E-state index in [1.165, 1.54) is 44.3 Å². The van der Waals surface area contributed by atoms with Crippen LogP contribution in [0, 0.1) is 0 Å². The first kappa shape index (κ1) is 25.6. The number of aromatic hydroxyl groups is 2. The van der Waals surface area contributed by atoms with Gasteiger partial charge >= 0.3 is 12.0 Å². The molecule has 9 nitrogen and oxygen atoms in total. The van der Waals surface area contributed by atoms with Gasteiger partial charge in [-0.25, -0.2) is 14.2 Å². The van der Waals surface area contributed by atoms with Crippen LogP contribution in [0.15, 0.2) is 12.1 Å². The number of likely N-dealkylation sites (N-methyl/N-ethyl adjacent to an activating group) is 1. The van der Waals surface area contributed by atoms with Gasteiger partial charge in [-0.3, -0.25) is 10.2 Å². The second-order valence-corrected chi connectivity index (χ2v) is 11.4. The lowest BCUT2D eigenvalue weighted by atomic mass is 9.95. The van der Waals surface area contributed by atoms with Crippen LogP contribution < -0.4 is 10.6 Å². The number of carbonyl (C=O) groups is 2. The molecule has 0 saturated heterocycles. The smallest absolute Gasteiger partial charge is 0.341 e. The van der Waals surface area contributed by atoms with Crippen LogP contribution in [0.1, 0.15) is 63.5 Å². The quantitative estimate of drug-likeness (QED) is 0.319. The summed E-state index contributed by atoms with van der Waals surface area (Å²) in [5, 5.41) is 27.9. The normalized spacial score (nSPS) is 15.2. The minimum Gasteiger partial charge on any atom is -0.494 e. The zero-order chi connectivity index (χ0) is 26.1. The summed E-state index contributed by atoms with van der Waals surface area (Å²) in [6.07, 6.45) is 4.63. The molecular formula is C26H32N4O5S2. The predicted octanol–water partition coefficient (Wildman–Crippen LogP) is 4.77. The fraction of sp³-hybridized carbons (Fsp3) is 0.462. The highest BCUT2D eigenvalue weighted by molar-refractivity contribution is 7.17. The van der Waals surface area contributed by atoms with Gasteiger partial charge in [0.15, 0.2) is 11.8 Å². The third kappa shape index (κ3) is 4.95. The average Bonchev–Trinajstić information content (AvgIpc) is 3.54. The average molecular weight is 545 g/mol. The Morgan fingerprint density at radius 3 is 2.51 bits per heavy atom. The van der Waals surface area contributed by atoms with Crippen LogP contribution in [0.5, 0.6) is 11.8 Å². The summed E-state index contributed by atoms with van der Waals surface area (Å²) in [5.41, 5.74) is 3.51. The van der Waals surface area contributed by atoms with Crippen molar-refractivity contribution in [2.75, 3.05) is 25.0 Å². The van der Waals surface area contributed by atoms with Gasteiger partial charge in [-0.15, -0.1) is 22.7 Å². The van der Waals surface area contributed by atoms with Crippen LogP contribution in [0.4, 0.5) is 9.80 Å². The molecule has 1 aliphatic heterocycles. The van der Waals surface area contributed by atoms with Crippen molar-refractivity contribution < 1.29 is 24.5 Å². The van der Waals surface area contributed by atoms with Crippen molar-refractivity contribution in [2.45, 2.75) is 59.0 Å². The molecule has 4 N–H and O–H groups in total. The highest BCUT2D eigenvalue weighted by Gasteiger charge is 2.29. The summed E-state index contributed by atoms with van der Waals surface area (Å²) in [6.45, 7) is 7.04. The van der Waals surface area contributed by atoms with E-state index >= 15 is 0 Å². The third-order valence-electron chi connectivity index (χ3n) is 7.02. The minimum atomic E-state index is -0.415. The minimum absolute atomic E-state index is 0.0580. The fourth-order valence-electron chi connectivity index (χ4n) is 5.15. The number of thiophene rings is 2. The van der Waals surface area contributed by atoms with Crippen LogP contribution in [0.2, 0.25) is 0 Å². The van der Waals surface area contributed by atoms with Crippen LogP contribution in [-0.4, -0.2) is 51.4 Å². The van der Waals surface area contributed by atoms with E-state index in [1.54, 1.807) is 6.92 Å². The van der Waals surface area contributed by atoms with E-state index in [2.05, 4.69) is 22.5 Å². The zero-order valence-corrected chi connectivity index (χ0v) is 22.7. The predicted molar refractivity (Wildman–Crippen MR) is 144 cm³/mol. The summed E-state index contributed by atoms with van der Waals surface area (Å²) in [6, 6.07) is 2.49. The molecule has 0 saturated carbocycles. The number of aromatic nitrogens is 1. The number of urea groups is 1. The molecule has 198 valence electrons. The van der Waals surface area contributed by atoms with Crippen molar-refractivity contribution in [3.8, 4) is 16.8 Å². The largest absolute Gasteiger partial charge is 0.494 e. The number of nitrogens with zero attached hydrogens (tertiary/aromatic N) is 2. The molecule has 1 aliphatic carbocycles. The van der Waals surface area contributed by atoms with Gasteiger partial charge in [-0.1, -0.05) is 6.92 Å². The van der Waals surface area contributed by atoms with Crippen molar-refractivity contribution >= 4 is 39.7 Å². The lowest BCUT2D eigenvalue weighted by molar-refractivity contribution is 0.0526. The number of nitrogens with one attached hydrogen (secondary N) is 2. The number of ether oxygens (including phenoxy) is 1. The van der Waals surface area contributed by atoms with Gasteiger partial charge in [-0.05, 0) is 56.7 Å². The molecule has 0 spiro atoms. The maximum atomic E-state index is 13.1. The lowest BCUT2D eigenvalue weighted by Gasteiger charge is -2.25. The summed E-state index contributed by atoms with van der Waals surface area (Å²) in [5.74, 6) is -0.514. The highest BCUT2D eigenvalue weighted by atomic mass is 32.1. The Kier molecular flexibility index (Phi) is 7.45. The van der Waals surface area contributed by atoms with Gasteiger partial charge in [0.05, 0.1) is 12.2 Å². The number of aryl methyl sites for hydroxylation is 1. The molecule has 5 rings (SSSR count). The van der Waals surface area contributed by atoms with Crippen LogP contribution in [-0.2, 0) is 37.1 Å². The first-order valence-electron chi connectivity index (χ1n) is 12.7. The van der Waals surface area contributed by atoms with E-state index in [-0.39, 0.29) is 24.9 Å². The Morgan fingerprint density at radius 1 is 1.03 bits per heavy atom. The number of carbonyl (C=O) groups excluding carboxylic acids is 2. The van der Waals surface area contributed by atoms with E-state index in [0.717, 1.165) is 73.3 Å². The molecule has 37 heavy (non-hydrogen) atoms. The van der Waals surface area contributed by atoms with Gasteiger partial charge < -0.3 is 20.3 Å². The Hall–Kier alpha value is -3.02. The Bertz CT molecular complexity index is 1310. The molecule has 3 aromatic rings. The molecule has 2 aliphatic rings. The fourth-order valence-corrected chi connectivity index (χ4v) is 7.85. The second kappa shape index (κ2) is 10.8. The van der Waals surface area contributed by atoms with E-state index in [0.29, 0.717) is 15.6 Å². The van der Waals surface area contributed by atoms with Crippen molar-refractivity contribution in [2.24, 2.45) is 0 Å². The Labute approximate surface area is 223 Å². The van der Waals surface area contributed by atoms with Gasteiger partial charge in [0.2, 0.25) is 0 Å². The number of fused-ring (bicyclic) bond motifs is 2. The lowest BCUT2D eigenvalue weighted by Crippen LogP contribution is -2.31. The Morgan fingerprint density at radius 2 is 1.78 bits per heavy atom. The molecular weight excluding hydrogens is 512 g/mol. The number of hydrogen-bond donors (Lipinski definition) is 4. The summed E-state index contributed by atoms with van der Waals surface area (Å²) < 4.78 is 6.71. The Balaban J connectivity index is 1.40. The number of rotatable bonds is 7. The third-order valence-corrected chi connectivity index (χ3v) is 9.47. The maximum absolute atomic E-state index is 13.1. The molecule has 11 heteroatoms. The van der Waals surface area contributed by atoms with Crippen molar-refractivity contribution in [1.29, 1.82) is 0 Å². The second-order valence-electron chi connectivity index (χ2n) is 9.23. The van der Waals surface area contributed by atoms with Gasteiger partial charge in [0.25, 0.3) is 0 Å². The molecule has 0 fully saturated rings. The molecule has 0 bridgehead atoms. The van der Waals surface area contributed by atoms with E-state index in [4.69, 9.17) is 4.74 Å². The summed E-state index contributed by atoms with van der Waals surface area (Å²) in [7, 11) is 0. The molecule has 0 radical (unpaired) electrons. The number of esters is 1. The van der Waals surface area contributed by atoms with Crippen molar-refractivity contribution in [3.05, 3.63) is 44.1 Å². The molecule has 4 heterocycles. The van der Waals surface area contributed by atoms with Crippen molar-refractivity contribution in [3.63, 3.8) is 0 Å². The molecule has 0 atom stereocenters. The van der Waals surface area contributed by atoms with Gasteiger partial charge in [-0.2, -0.15) is 0 Å². The summed E-state index contributed by atoms with van der Waals surface area (Å²) in [4.78, 5) is 30.5. The number of amides is 2. The summed E-state index contributed by atoms with van der Waals surface area (Å²) >= 11 is 2.98. The first-order chi connectivity index (χ1) is 17.9. The van der Waals surface area contributed by atoms with E-state index in [9.17, 15) is 19.8 Å². The van der Waals surface area contributed by atoms with Crippen LogP contribution >= 0.6 is 22.7 Å². The molecule has 0 aromatic carbocycles. The highest BCUT2D eigenvalue weighted by Crippen LogP contribution is 2.41. The molecule has 0 unspecified atom stereocenters. The standard InChI is InChI=1S/C26H32N4O5S2/c1-3-29-12-11-15-17(24(37-19(15)14-29)30-20(31)9-10-21(30)32)13-27-26(34)28-23-22(25(33)35-4-2)16-7-5-6-8-18(16)36-23/h9-10,31-32H,3-8,11-14H2,1-2H3,(H2,27,28,34). The first-order valence-corrected chi connectivity index (χ1v) is 14.4. The number of hydrogen-bond acceptors (Lipinski definition) is 8. The monoisotopic (exact) mass is 544 g/mol. The topological polar surface area (TPSA) is 116 Å². The van der Waals surface area contributed by atoms with Gasteiger partial charge in [0, 0.05) is 47.1 Å². The maximum Gasteiger partial charge on any atom is 0.341 e. The SMILES string of the molecule is CCOC(=O)c1c(NC(=O)NCc2c(-n3c(O)ccc3O)sc3c2CCN(CC)C3)sc2c1CCCC2. The molecule has 2 amide bonds. The van der Waals surface area contributed by atoms with Crippen LogP contribution in [0.25, 0.3) is 5.00 Å². The van der Waals surface area contributed by atoms with Crippen molar-refractivity contribution in [1.82, 2.24) is 14.8 Å². The van der Waals surface area contributed by atoms with Gasteiger partial charge in [0.1, 0.15) is 10.0 Å². The number of anilines is 1.